The van der Waals surface area contributed by atoms with Gasteiger partial charge in [-0.05, 0) is 12.8 Å². The topological polar surface area (TPSA) is 49.4 Å². The fraction of sp³-hybridized carbons (Fsp3) is 0.556. The van der Waals surface area contributed by atoms with E-state index in [4.69, 9.17) is 0 Å². The van der Waals surface area contributed by atoms with Crippen LogP contribution in [0.15, 0.2) is 11.3 Å². The van der Waals surface area contributed by atoms with E-state index >= 15 is 0 Å². The summed E-state index contributed by atoms with van der Waals surface area (Å²) < 4.78 is 0. The Labute approximate surface area is 77.6 Å². The fourth-order valence-corrected chi connectivity index (χ4v) is 1.33. The van der Waals surface area contributed by atoms with Crippen molar-refractivity contribution in [2.75, 3.05) is 20.6 Å². The molecule has 1 heterocycles. The number of likely N-dealkylation sites (N-methyl/N-ethyl adjacent to an activating group) is 1. The number of allylic oxidation sites excluding steroid dienone is 1. The molecule has 0 aliphatic carbocycles. The van der Waals surface area contributed by atoms with Gasteiger partial charge in [-0.1, -0.05) is 0 Å². The van der Waals surface area contributed by atoms with E-state index in [1.165, 1.54) is 4.90 Å². The maximum Gasteiger partial charge on any atom is 0.251 e. The molecule has 13 heavy (non-hydrogen) atoms. The first-order valence-corrected chi connectivity index (χ1v) is 4.30. The number of aldehydes is 1. The minimum absolute atomic E-state index is 0.0747. The Morgan fingerprint density at radius 1 is 1.54 bits per heavy atom. The van der Waals surface area contributed by atoms with E-state index in [0.717, 1.165) is 19.3 Å². The molecule has 0 bridgehead atoms. The summed E-state index contributed by atoms with van der Waals surface area (Å²) in [7, 11) is 3.37. The molecular formula is C9H14N2O2. The van der Waals surface area contributed by atoms with Crippen molar-refractivity contribution in [3.05, 3.63) is 11.3 Å². The third-order valence-corrected chi connectivity index (χ3v) is 2.03. The Bertz CT molecular complexity index is 256. The largest absolute Gasteiger partial charge is 0.382 e. The minimum Gasteiger partial charge on any atom is -0.382 e. The summed E-state index contributed by atoms with van der Waals surface area (Å²) in [5.74, 6) is -0.0747. The minimum atomic E-state index is -0.0747. The number of carbonyl (C=O) groups excluding carboxylic acids is 2. The van der Waals surface area contributed by atoms with E-state index < -0.39 is 0 Å². The first-order valence-electron chi connectivity index (χ1n) is 4.30. The smallest absolute Gasteiger partial charge is 0.251 e. The van der Waals surface area contributed by atoms with Crippen LogP contribution in [0.3, 0.4) is 0 Å². The average Bonchev–Trinajstić information content (AvgIpc) is 2.16. The molecule has 72 valence electrons. The second kappa shape index (κ2) is 4.07. The van der Waals surface area contributed by atoms with Crippen molar-refractivity contribution in [1.82, 2.24) is 10.2 Å². The molecule has 0 atom stereocenters. The van der Waals surface area contributed by atoms with E-state index in [2.05, 4.69) is 5.32 Å². The van der Waals surface area contributed by atoms with Gasteiger partial charge in [-0.2, -0.15) is 0 Å². The third kappa shape index (κ3) is 2.08. The zero-order chi connectivity index (χ0) is 9.84. The van der Waals surface area contributed by atoms with Crippen LogP contribution in [-0.2, 0) is 9.59 Å². The molecule has 0 saturated carbocycles. The van der Waals surface area contributed by atoms with E-state index in [1.807, 2.05) is 0 Å². The lowest BCUT2D eigenvalue weighted by Crippen LogP contribution is -2.31. The standard InChI is InChI=1S/C9H14N2O2/c1-11(2)9(13)7-4-3-5-10-8(7)6-12/h6,10H,3-5H2,1-2H3. The molecule has 0 fully saturated rings. The zero-order valence-electron chi connectivity index (χ0n) is 7.96. The summed E-state index contributed by atoms with van der Waals surface area (Å²) in [6.45, 7) is 0.776. The van der Waals surface area contributed by atoms with Gasteiger partial charge in [-0.15, -0.1) is 0 Å². The summed E-state index contributed by atoms with van der Waals surface area (Å²) >= 11 is 0. The van der Waals surface area contributed by atoms with Crippen LogP contribution in [0.4, 0.5) is 0 Å². The van der Waals surface area contributed by atoms with Gasteiger partial charge in [0.25, 0.3) is 5.91 Å². The summed E-state index contributed by atoms with van der Waals surface area (Å²) in [5.41, 5.74) is 1.05. The molecule has 1 aliphatic heterocycles. The lowest BCUT2D eigenvalue weighted by molar-refractivity contribution is -0.125. The molecule has 4 heteroatoms. The van der Waals surface area contributed by atoms with Crippen molar-refractivity contribution in [1.29, 1.82) is 0 Å². The Morgan fingerprint density at radius 2 is 2.23 bits per heavy atom. The molecule has 0 aromatic rings. The van der Waals surface area contributed by atoms with Crippen molar-refractivity contribution in [2.45, 2.75) is 12.8 Å². The quantitative estimate of drug-likeness (QED) is 0.607. The number of nitrogens with zero attached hydrogens (tertiary/aromatic N) is 1. The van der Waals surface area contributed by atoms with Crippen LogP contribution < -0.4 is 5.32 Å². The summed E-state index contributed by atoms with van der Waals surface area (Å²) in [5, 5.41) is 2.92. The van der Waals surface area contributed by atoms with Gasteiger partial charge in [-0.3, -0.25) is 9.59 Å². The maximum absolute atomic E-state index is 11.5. The van der Waals surface area contributed by atoms with Crippen LogP contribution in [0, 0.1) is 0 Å². The van der Waals surface area contributed by atoms with Gasteiger partial charge < -0.3 is 10.2 Å². The number of amides is 1. The van der Waals surface area contributed by atoms with Crippen LogP contribution in [-0.4, -0.2) is 37.7 Å². The van der Waals surface area contributed by atoms with Crippen molar-refractivity contribution in [2.24, 2.45) is 0 Å². The first kappa shape index (κ1) is 9.77. The van der Waals surface area contributed by atoms with Gasteiger partial charge in [-0.25, -0.2) is 0 Å². The number of nitrogens with one attached hydrogen (secondary N) is 1. The molecule has 0 spiro atoms. The molecular weight excluding hydrogens is 168 g/mol. The number of rotatable bonds is 2. The lowest BCUT2D eigenvalue weighted by Gasteiger charge is -2.20. The highest BCUT2D eigenvalue weighted by Crippen LogP contribution is 2.14. The Balaban J connectivity index is 2.90. The zero-order valence-corrected chi connectivity index (χ0v) is 7.96. The van der Waals surface area contributed by atoms with E-state index in [1.54, 1.807) is 14.1 Å². The van der Waals surface area contributed by atoms with Crippen molar-refractivity contribution >= 4 is 12.2 Å². The molecule has 1 aliphatic rings. The highest BCUT2D eigenvalue weighted by Gasteiger charge is 2.19. The number of hydrogen-bond donors (Lipinski definition) is 1. The monoisotopic (exact) mass is 182 g/mol. The van der Waals surface area contributed by atoms with Crippen molar-refractivity contribution in [3.63, 3.8) is 0 Å². The first-order chi connectivity index (χ1) is 6.16. The molecule has 0 unspecified atom stereocenters. The Morgan fingerprint density at radius 3 is 2.77 bits per heavy atom. The third-order valence-electron chi connectivity index (χ3n) is 2.03. The highest BCUT2D eigenvalue weighted by molar-refractivity contribution is 5.98. The predicted molar refractivity (Wildman–Crippen MR) is 49.0 cm³/mol. The normalized spacial score (nSPS) is 16.5. The van der Waals surface area contributed by atoms with Crippen LogP contribution in [0.1, 0.15) is 12.8 Å². The van der Waals surface area contributed by atoms with Crippen molar-refractivity contribution < 1.29 is 9.59 Å². The average molecular weight is 182 g/mol. The van der Waals surface area contributed by atoms with Crippen molar-refractivity contribution in [3.8, 4) is 0 Å². The fourth-order valence-electron chi connectivity index (χ4n) is 1.33. The SMILES string of the molecule is CN(C)C(=O)C1=C(C=O)NCCC1. The van der Waals surface area contributed by atoms with Crippen LogP contribution >= 0.6 is 0 Å². The Hall–Kier alpha value is -1.32. The molecule has 0 saturated heterocycles. The van der Waals surface area contributed by atoms with Gasteiger partial charge in [0.15, 0.2) is 6.29 Å². The molecule has 0 radical (unpaired) electrons. The molecule has 4 nitrogen and oxygen atoms in total. The van der Waals surface area contributed by atoms with E-state index in [0.29, 0.717) is 17.7 Å². The highest BCUT2D eigenvalue weighted by atomic mass is 16.2. The van der Waals surface area contributed by atoms with E-state index in [9.17, 15) is 9.59 Å². The van der Waals surface area contributed by atoms with Crippen LogP contribution in [0.25, 0.3) is 0 Å². The van der Waals surface area contributed by atoms with E-state index in [-0.39, 0.29) is 5.91 Å². The Kier molecular flexibility index (Phi) is 3.06. The van der Waals surface area contributed by atoms with Gasteiger partial charge in [0.2, 0.25) is 0 Å². The number of carbonyl (C=O) groups is 2. The maximum atomic E-state index is 11.5. The molecule has 1 rings (SSSR count). The summed E-state index contributed by atoms with van der Waals surface area (Å²) in [6.07, 6.45) is 2.32. The van der Waals surface area contributed by atoms with Crippen LogP contribution in [0.5, 0.6) is 0 Å². The van der Waals surface area contributed by atoms with Crippen LogP contribution in [0.2, 0.25) is 0 Å². The molecule has 0 aromatic heterocycles. The summed E-state index contributed by atoms with van der Waals surface area (Å²) in [4.78, 5) is 23.6. The van der Waals surface area contributed by atoms with Gasteiger partial charge in [0, 0.05) is 26.2 Å². The molecule has 1 N–H and O–H groups in total. The molecule has 1 amide bonds. The second-order valence-corrected chi connectivity index (χ2v) is 3.24. The van der Waals surface area contributed by atoms with Gasteiger partial charge in [0.05, 0.1) is 5.70 Å². The summed E-state index contributed by atoms with van der Waals surface area (Å²) in [6, 6.07) is 0. The predicted octanol–water partition coefficient (Wildman–Crippen LogP) is -0.0890. The second-order valence-electron chi connectivity index (χ2n) is 3.24. The number of hydrogen-bond acceptors (Lipinski definition) is 3. The van der Waals surface area contributed by atoms with Gasteiger partial charge >= 0.3 is 0 Å². The lowest BCUT2D eigenvalue weighted by atomic mass is 10.0. The molecule has 0 aromatic carbocycles. The van der Waals surface area contributed by atoms with Gasteiger partial charge in [0.1, 0.15) is 0 Å².